The first-order valence-corrected chi connectivity index (χ1v) is 4.00. The molecule has 0 unspecified atom stereocenters. The molecule has 0 amide bonds. The van der Waals surface area contributed by atoms with Crippen LogP contribution in [0, 0.1) is 5.41 Å². The monoisotopic (exact) mass is 185 g/mol. The smallest absolute Gasteiger partial charge is 0.344 e. The van der Waals surface area contributed by atoms with E-state index in [-0.39, 0.29) is 4.91 Å². The maximum Gasteiger partial charge on any atom is 0.344 e. The number of thioether (sulfide) groups is 1. The molecule has 66 valence electrons. The molecule has 0 aliphatic rings. The molecule has 0 bridgehead atoms. The largest absolute Gasteiger partial charge is 0.465 e. The van der Waals surface area contributed by atoms with Crippen LogP contribution in [-0.2, 0) is 9.53 Å². The zero-order chi connectivity index (χ0) is 9.72. The standard InChI is InChI=1S/C8H11NO2S/c1-5(9)6(2)12-7(3)8(10)11-4/h9H,2-3H2,1,4H3. The Hall–Kier alpha value is -1.03. The summed E-state index contributed by atoms with van der Waals surface area (Å²) in [5, 5.41) is 7.18. The number of hydrogen-bond acceptors (Lipinski definition) is 4. The summed E-state index contributed by atoms with van der Waals surface area (Å²) in [5.41, 5.74) is 0.324. The molecule has 4 heteroatoms. The second-order valence-corrected chi connectivity index (χ2v) is 3.25. The summed E-state index contributed by atoms with van der Waals surface area (Å²) >= 11 is 1.05. The first kappa shape index (κ1) is 11.0. The van der Waals surface area contributed by atoms with Crippen LogP contribution < -0.4 is 0 Å². The molecule has 0 heterocycles. The lowest BCUT2D eigenvalue weighted by molar-refractivity contribution is -0.135. The highest BCUT2D eigenvalue weighted by atomic mass is 32.2. The second-order valence-electron chi connectivity index (χ2n) is 2.06. The number of carbonyl (C=O) groups is 1. The number of esters is 1. The third-order valence-electron chi connectivity index (χ3n) is 1.08. The molecule has 0 aromatic carbocycles. The molecule has 0 saturated carbocycles. The maximum atomic E-state index is 10.8. The Morgan fingerprint density at radius 1 is 1.42 bits per heavy atom. The molecule has 0 fully saturated rings. The van der Waals surface area contributed by atoms with Crippen molar-refractivity contribution >= 4 is 23.4 Å². The minimum atomic E-state index is -0.484. The van der Waals surface area contributed by atoms with Gasteiger partial charge in [0.25, 0.3) is 0 Å². The van der Waals surface area contributed by atoms with Gasteiger partial charge in [0.15, 0.2) is 0 Å². The van der Waals surface area contributed by atoms with Crippen molar-refractivity contribution in [3.05, 3.63) is 23.0 Å². The Balaban J connectivity index is 4.11. The van der Waals surface area contributed by atoms with E-state index in [2.05, 4.69) is 17.9 Å². The van der Waals surface area contributed by atoms with Crippen LogP contribution in [0.15, 0.2) is 23.0 Å². The van der Waals surface area contributed by atoms with Gasteiger partial charge in [0, 0.05) is 10.6 Å². The van der Waals surface area contributed by atoms with Crippen molar-refractivity contribution < 1.29 is 9.53 Å². The van der Waals surface area contributed by atoms with Gasteiger partial charge in [-0.15, -0.1) is 0 Å². The van der Waals surface area contributed by atoms with Crippen molar-refractivity contribution in [2.45, 2.75) is 6.92 Å². The van der Waals surface area contributed by atoms with Crippen molar-refractivity contribution in [3.63, 3.8) is 0 Å². The van der Waals surface area contributed by atoms with E-state index in [1.165, 1.54) is 7.11 Å². The number of carbonyl (C=O) groups excluding carboxylic acids is 1. The van der Waals surface area contributed by atoms with Gasteiger partial charge < -0.3 is 10.1 Å². The summed E-state index contributed by atoms with van der Waals surface area (Å²) in [7, 11) is 1.29. The summed E-state index contributed by atoms with van der Waals surface area (Å²) in [6.45, 7) is 8.66. The van der Waals surface area contributed by atoms with Crippen LogP contribution in [-0.4, -0.2) is 18.8 Å². The van der Waals surface area contributed by atoms with E-state index in [1.807, 2.05) is 0 Å². The Labute approximate surface area is 76.0 Å². The SMILES string of the molecule is C=C(SC(=C)C(=O)OC)C(C)=N. The number of hydrogen-bond donors (Lipinski definition) is 1. The lowest BCUT2D eigenvalue weighted by Gasteiger charge is -2.03. The highest BCUT2D eigenvalue weighted by Gasteiger charge is 2.09. The Morgan fingerprint density at radius 3 is 2.25 bits per heavy atom. The molecule has 0 saturated heterocycles. The van der Waals surface area contributed by atoms with Crippen molar-refractivity contribution in [1.29, 1.82) is 5.41 Å². The van der Waals surface area contributed by atoms with Gasteiger partial charge in [0.05, 0.1) is 12.0 Å². The number of allylic oxidation sites excluding steroid dienone is 1. The third kappa shape index (κ3) is 3.39. The zero-order valence-corrected chi connectivity index (χ0v) is 7.96. The molecule has 0 spiro atoms. The second kappa shape index (κ2) is 4.77. The first-order valence-electron chi connectivity index (χ1n) is 3.18. The average Bonchev–Trinajstić information content (AvgIpc) is 2.02. The predicted molar refractivity (Wildman–Crippen MR) is 51.3 cm³/mol. The summed E-state index contributed by atoms with van der Waals surface area (Å²) in [5.74, 6) is -0.484. The Kier molecular flexibility index (Phi) is 4.36. The minimum absolute atomic E-state index is 0.245. The normalized spacial score (nSPS) is 8.83. The number of nitrogens with one attached hydrogen (secondary N) is 1. The van der Waals surface area contributed by atoms with Gasteiger partial charge in [-0.25, -0.2) is 4.79 Å². The molecular weight excluding hydrogens is 174 g/mol. The van der Waals surface area contributed by atoms with Gasteiger partial charge in [-0.1, -0.05) is 24.9 Å². The van der Waals surface area contributed by atoms with Crippen LogP contribution in [0.3, 0.4) is 0 Å². The van der Waals surface area contributed by atoms with Gasteiger partial charge in [0.2, 0.25) is 0 Å². The van der Waals surface area contributed by atoms with Gasteiger partial charge in [-0.2, -0.15) is 0 Å². The highest BCUT2D eigenvalue weighted by Crippen LogP contribution is 2.23. The molecule has 0 rings (SSSR count). The summed E-state index contributed by atoms with van der Waals surface area (Å²) < 4.78 is 4.42. The quantitative estimate of drug-likeness (QED) is 0.414. The fourth-order valence-corrected chi connectivity index (χ4v) is 0.998. The van der Waals surface area contributed by atoms with E-state index in [4.69, 9.17) is 5.41 Å². The van der Waals surface area contributed by atoms with Crippen molar-refractivity contribution in [3.8, 4) is 0 Å². The van der Waals surface area contributed by atoms with Gasteiger partial charge in [-0.05, 0) is 6.92 Å². The predicted octanol–water partition coefficient (Wildman–Crippen LogP) is 1.96. The summed E-state index contributed by atoms with van der Waals surface area (Å²) in [4.78, 5) is 11.6. The van der Waals surface area contributed by atoms with E-state index in [0.717, 1.165) is 11.8 Å². The molecule has 12 heavy (non-hydrogen) atoms. The molecule has 0 aliphatic carbocycles. The number of methoxy groups -OCH3 is 1. The molecule has 0 radical (unpaired) electrons. The van der Waals surface area contributed by atoms with Crippen molar-refractivity contribution in [2.75, 3.05) is 7.11 Å². The van der Waals surface area contributed by atoms with E-state index >= 15 is 0 Å². The molecule has 3 nitrogen and oxygen atoms in total. The average molecular weight is 185 g/mol. The summed E-state index contributed by atoms with van der Waals surface area (Å²) in [6.07, 6.45) is 0. The lowest BCUT2D eigenvalue weighted by atomic mass is 10.4. The van der Waals surface area contributed by atoms with Crippen LogP contribution >= 0.6 is 11.8 Å². The third-order valence-corrected chi connectivity index (χ3v) is 2.04. The summed E-state index contributed by atoms with van der Waals surface area (Å²) in [6, 6.07) is 0. The van der Waals surface area contributed by atoms with Crippen LogP contribution in [0.4, 0.5) is 0 Å². The Bertz CT molecular complexity index is 245. The van der Waals surface area contributed by atoms with Crippen LogP contribution in [0.2, 0.25) is 0 Å². The van der Waals surface area contributed by atoms with Gasteiger partial charge in [-0.3, -0.25) is 0 Å². The van der Waals surface area contributed by atoms with Crippen LogP contribution in [0.1, 0.15) is 6.92 Å². The molecule has 0 aromatic rings. The van der Waals surface area contributed by atoms with Crippen molar-refractivity contribution in [1.82, 2.24) is 0 Å². The maximum absolute atomic E-state index is 10.8. The molecule has 1 N–H and O–H groups in total. The fraction of sp³-hybridized carbons (Fsp3) is 0.250. The van der Waals surface area contributed by atoms with Crippen molar-refractivity contribution in [2.24, 2.45) is 0 Å². The molecule has 0 aromatic heterocycles. The van der Waals surface area contributed by atoms with E-state index in [9.17, 15) is 4.79 Å². The topological polar surface area (TPSA) is 50.2 Å². The zero-order valence-electron chi connectivity index (χ0n) is 7.14. The van der Waals surface area contributed by atoms with Gasteiger partial charge in [0.1, 0.15) is 0 Å². The van der Waals surface area contributed by atoms with Crippen LogP contribution in [0.5, 0.6) is 0 Å². The van der Waals surface area contributed by atoms with Crippen LogP contribution in [0.25, 0.3) is 0 Å². The lowest BCUT2D eigenvalue weighted by Crippen LogP contribution is -2.01. The number of ether oxygens (including phenoxy) is 1. The van der Waals surface area contributed by atoms with E-state index in [1.54, 1.807) is 6.92 Å². The minimum Gasteiger partial charge on any atom is -0.465 e. The first-order chi connectivity index (χ1) is 5.49. The van der Waals surface area contributed by atoms with E-state index in [0.29, 0.717) is 10.6 Å². The molecular formula is C8H11NO2S. The van der Waals surface area contributed by atoms with Gasteiger partial charge >= 0.3 is 5.97 Å². The fourth-order valence-electron chi connectivity index (χ4n) is 0.381. The van der Waals surface area contributed by atoms with E-state index < -0.39 is 5.97 Å². The highest BCUT2D eigenvalue weighted by molar-refractivity contribution is 8.08. The number of rotatable bonds is 4. The Morgan fingerprint density at radius 2 is 1.92 bits per heavy atom. The molecule has 0 atom stereocenters. The molecule has 0 aliphatic heterocycles.